The van der Waals surface area contributed by atoms with Crippen molar-refractivity contribution in [1.82, 2.24) is 10.6 Å². The molecule has 0 spiro atoms. The van der Waals surface area contributed by atoms with E-state index in [0.717, 1.165) is 45.6 Å². The number of allylic oxidation sites excluding steroid dienone is 12. The highest BCUT2D eigenvalue weighted by Crippen LogP contribution is 2.21. The fourth-order valence-electron chi connectivity index (χ4n) is 4.08. The number of halogens is 1. The van der Waals surface area contributed by atoms with Gasteiger partial charge in [0.2, 0.25) is 5.91 Å². The number of hydrogen-bond donors (Lipinski definition) is 2. The smallest absolute Gasteiger partial charge is 0.332 e. The van der Waals surface area contributed by atoms with Crippen LogP contribution in [0.25, 0.3) is 0 Å². The standard InChI is InChI=1S/C39H53ClN2O7/c1-6-7-8-9-10-11-12-13-14-15-16-17-18-19-20-21-22-23-24-25-34(43)41-30-35(44)48-31(2)36(37(45)47-5)42-38(46)39(3,4)49-33-28-26-32(40)27-29-33/h7-8,10-11,13-14,16-17,19-20,22-23,26-29,31,36H,6,9,12,15,18,21,24-25,30H2,1-5H3,(H,41,43)(H,42,46). The van der Waals surface area contributed by atoms with E-state index in [4.69, 9.17) is 25.8 Å². The van der Waals surface area contributed by atoms with Gasteiger partial charge in [-0.3, -0.25) is 14.4 Å². The van der Waals surface area contributed by atoms with E-state index >= 15 is 0 Å². The van der Waals surface area contributed by atoms with Crippen molar-refractivity contribution in [3.8, 4) is 5.75 Å². The molecule has 1 rings (SSSR count). The van der Waals surface area contributed by atoms with Gasteiger partial charge in [-0.15, -0.1) is 0 Å². The Bertz CT molecular complexity index is 1330. The number of esters is 2. The summed E-state index contributed by atoms with van der Waals surface area (Å²) < 4.78 is 15.9. The summed E-state index contributed by atoms with van der Waals surface area (Å²) in [4.78, 5) is 50.0. The van der Waals surface area contributed by atoms with Crippen molar-refractivity contribution in [3.63, 3.8) is 0 Å². The van der Waals surface area contributed by atoms with Gasteiger partial charge in [-0.2, -0.15) is 0 Å². The first-order valence-corrected chi connectivity index (χ1v) is 17.1. The second kappa shape index (κ2) is 25.6. The zero-order valence-corrected chi connectivity index (χ0v) is 30.2. The summed E-state index contributed by atoms with van der Waals surface area (Å²) in [5.74, 6) is -2.13. The largest absolute Gasteiger partial charge is 0.478 e. The average Bonchev–Trinajstić information content (AvgIpc) is 3.07. The molecule has 0 radical (unpaired) electrons. The van der Waals surface area contributed by atoms with Gasteiger partial charge >= 0.3 is 11.9 Å². The van der Waals surface area contributed by atoms with E-state index < -0.39 is 35.6 Å². The minimum atomic E-state index is -1.39. The summed E-state index contributed by atoms with van der Waals surface area (Å²) in [6.07, 6.45) is 30.6. The summed E-state index contributed by atoms with van der Waals surface area (Å²) in [5.41, 5.74) is -1.39. The quantitative estimate of drug-likeness (QED) is 0.0890. The van der Waals surface area contributed by atoms with Crippen LogP contribution in [0, 0.1) is 0 Å². The summed E-state index contributed by atoms with van der Waals surface area (Å²) in [5, 5.41) is 5.56. The summed E-state index contributed by atoms with van der Waals surface area (Å²) in [6.45, 7) is 6.24. The first kappa shape index (κ1) is 42.7. The molecule has 0 aliphatic rings. The van der Waals surface area contributed by atoms with Gasteiger partial charge in [-0.25, -0.2) is 4.79 Å². The van der Waals surface area contributed by atoms with Crippen molar-refractivity contribution >= 4 is 35.4 Å². The fourth-order valence-corrected chi connectivity index (χ4v) is 4.21. The molecule has 1 aromatic carbocycles. The maximum absolute atomic E-state index is 13.0. The molecule has 0 aromatic heterocycles. The molecule has 0 saturated heterocycles. The Labute approximate surface area is 297 Å². The van der Waals surface area contributed by atoms with Gasteiger partial charge in [0.25, 0.3) is 5.91 Å². The molecule has 2 unspecified atom stereocenters. The van der Waals surface area contributed by atoms with E-state index in [2.05, 4.69) is 78.3 Å². The van der Waals surface area contributed by atoms with Crippen molar-refractivity contribution in [1.29, 1.82) is 0 Å². The van der Waals surface area contributed by atoms with Gasteiger partial charge < -0.3 is 24.8 Å². The number of methoxy groups -OCH3 is 1. The molecule has 2 atom stereocenters. The molecule has 1 aromatic rings. The molecule has 49 heavy (non-hydrogen) atoms. The van der Waals surface area contributed by atoms with Crippen LogP contribution in [0.5, 0.6) is 5.75 Å². The van der Waals surface area contributed by atoms with Crippen LogP contribution in [0.4, 0.5) is 0 Å². The zero-order valence-electron chi connectivity index (χ0n) is 29.5. The lowest BCUT2D eigenvalue weighted by Crippen LogP contribution is -2.56. The van der Waals surface area contributed by atoms with Gasteiger partial charge in [0.1, 0.15) is 18.4 Å². The van der Waals surface area contributed by atoms with Crippen LogP contribution in [0.2, 0.25) is 5.02 Å². The second-order valence-corrected chi connectivity index (χ2v) is 11.9. The molecule has 2 amide bonds. The number of hydrogen-bond acceptors (Lipinski definition) is 7. The third kappa shape index (κ3) is 20.6. The lowest BCUT2D eigenvalue weighted by atomic mass is 10.1. The summed E-state index contributed by atoms with van der Waals surface area (Å²) >= 11 is 5.90. The molecule has 2 N–H and O–H groups in total. The first-order chi connectivity index (χ1) is 23.5. The highest BCUT2D eigenvalue weighted by Gasteiger charge is 2.37. The molecule has 0 aliphatic carbocycles. The van der Waals surface area contributed by atoms with E-state index in [9.17, 15) is 19.2 Å². The number of nitrogens with one attached hydrogen (secondary N) is 2. The van der Waals surface area contributed by atoms with Crippen molar-refractivity contribution in [2.24, 2.45) is 0 Å². The van der Waals surface area contributed by atoms with Crippen molar-refractivity contribution in [2.45, 2.75) is 96.8 Å². The Balaban J connectivity index is 2.32. The van der Waals surface area contributed by atoms with E-state index in [0.29, 0.717) is 17.2 Å². The van der Waals surface area contributed by atoms with Gasteiger partial charge in [0.15, 0.2) is 11.6 Å². The first-order valence-electron chi connectivity index (χ1n) is 16.7. The topological polar surface area (TPSA) is 120 Å². The van der Waals surface area contributed by atoms with E-state index in [1.54, 1.807) is 24.3 Å². The zero-order chi connectivity index (χ0) is 36.3. The molecular formula is C39H53ClN2O7. The van der Waals surface area contributed by atoms with Gasteiger partial charge in [0, 0.05) is 11.4 Å². The Hall–Kier alpha value is -4.37. The number of carbonyl (C=O) groups excluding carboxylic acids is 4. The highest BCUT2D eigenvalue weighted by molar-refractivity contribution is 6.30. The monoisotopic (exact) mass is 696 g/mol. The predicted molar refractivity (Wildman–Crippen MR) is 196 cm³/mol. The maximum Gasteiger partial charge on any atom is 0.332 e. The molecule has 0 bridgehead atoms. The predicted octanol–water partition coefficient (Wildman–Crippen LogP) is 7.68. The highest BCUT2D eigenvalue weighted by atomic mass is 35.5. The molecule has 0 aliphatic heterocycles. The Morgan fingerprint density at radius 2 is 1.29 bits per heavy atom. The molecule has 9 nitrogen and oxygen atoms in total. The molecule has 268 valence electrons. The van der Waals surface area contributed by atoms with Crippen LogP contribution in [0.3, 0.4) is 0 Å². The fraction of sp³-hybridized carbons (Fsp3) is 0.436. The average molecular weight is 697 g/mol. The molecule has 0 saturated carbocycles. The van der Waals surface area contributed by atoms with Crippen LogP contribution >= 0.6 is 11.6 Å². The number of rotatable bonds is 23. The summed E-state index contributed by atoms with van der Waals surface area (Å²) in [7, 11) is 1.16. The Morgan fingerprint density at radius 3 is 1.78 bits per heavy atom. The van der Waals surface area contributed by atoms with Crippen LogP contribution in [0.1, 0.15) is 79.1 Å². The number of benzene rings is 1. The Kier molecular flexibility index (Phi) is 22.3. The SMILES string of the molecule is CCC=CCC=CCC=CCC=CCC=CCC=CCCC(=O)NCC(=O)OC(C)C(NC(=O)C(C)(C)Oc1ccc(Cl)cc1)C(=O)OC. The number of ether oxygens (including phenoxy) is 3. The minimum absolute atomic E-state index is 0.203. The van der Waals surface area contributed by atoms with E-state index in [-0.39, 0.29) is 18.9 Å². The lowest BCUT2D eigenvalue weighted by Gasteiger charge is -2.29. The molecule has 10 heteroatoms. The third-order valence-electron chi connectivity index (χ3n) is 6.83. The lowest BCUT2D eigenvalue weighted by molar-refractivity contribution is -0.159. The molecular weight excluding hydrogens is 644 g/mol. The molecule has 0 heterocycles. The van der Waals surface area contributed by atoms with Crippen LogP contribution in [0.15, 0.2) is 97.2 Å². The third-order valence-corrected chi connectivity index (χ3v) is 7.08. The van der Waals surface area contributed by atoms with Gasteiger partial charge in [-0.05, 0) is 90.0 Å². The maximum atomic E-state index is 13.0. The van der Waals surface area contributed by atoms with E-state index in [1.807, 2.05) is 12.2 Å². The Morgan fingerprint density at radius 1 is 0.796 bits per heavy atom. The summed E-state index contributed by atoms with van der Waals surface area (Å²) in [6, 6.07) is 5.15. The van der Waals surface area contributed by atoms with Crippen LogP contribution < -0.4 is 15.4 Å². The minimum Gasteiger partial charge on any atom is -0.478 e. The van der Waals surface area contributed by atoms with Crippen molar-refractivity contribution in [3.05, 3.63) is 102 Å². The second-order valence-electron chi connectivity index (χ2n) is 11.5. The van der Waals surface area contributed by atoms with E-state index in [1.165, 1.54) is 20.8 Å². The molecule has 0 fully saturated rings. The normalized spacial score (nSPS) is 13.5. The van der Waals surface area contributed by atoms with Gasteiger partial charge in [-0.1, -0.05) is 91.4 Å². The van der Waals surface area contributed by atoms with Crippen molar-refractivity contribution in [2.75, 3.05) is 13.7 Å². The number of carbonyl (C=O) groups is 4. The van der Waals surface area contributed by atoms with Crippen molar-refractivity contribution < 1.29 is 33.4 Å². The van der Waals surface area contributed by atoms with Crippen LogP contribution in [-0.4, -0.2) is 55.2 Å². The van der Waals surface area contributed by atoms with Gasteiger partial charge in [0.05, 0.1) is 7.11 Å². The number of amides is 2. The van der Waals surface area contributed by atoms with Crippen LogP contribution in [-0.2, 0) is 28.7 Å².